The molecule has 0 heterocycles. The van der Waals surface area contributed by atoms with Gasteiger partial charge in [0, 0.05) is 5.69 Å². The van der Waals surface area contributed by atoms with Gasteiger partial charge in [0.25, 0.3) is 11.4 Å². The van der Waals surface area contributed by atoms with Crippen LogP contribution in [0.1, 0.15) is 0 Å². The third-order valence-electron chi connectivity index (χ3n) is 2.46. The second-order valence-corrected chi connectivity index (χ2v) is 4.01. The summed E-state index contributed by atoms with van der Waals surface area (Å²) in [6.45, 7) is 0. The third kappa shape index (κ3) is 4.63. The third-order valence-corrected chi connectivity index (χ3v) is 2.46. The number of non-ortho nitro benzene ring substituents is 1. The predicted octanol–water partition coefficient (Wildman–Crippen LogP) is 2.39. The molecule has 2 aromatic carbocycles. The smallest absolute Gasteiger partial charge is 0.324 e. The number of nitrogens with two attached hydrogens (primary N) is 1. The summed E-state index contributed by atoms with van der Waals surface area (Å²) in [5, 5.41) is 40.2. The monoisotopic (exact) mass is 322 g/mol. The fourth-order valence-corrected chi connectivity index (χ4v) is 1.43. The molecule has 0 saturated heterocycles. The number of rotatable bonds is 3. The first-order valence-corrected chi connectivity index (χ1v) is 5.84. The van der Waals surface area contributed by atoms with Crippen LogP contribution in [0.2, 0.25) is 0 Å². The Morgan fingerprint density at radius 1 is 0.826 bits per heavy atom. The summed E-state index contributed by atoms with van der Waals surface area (Å²) in [6.07, 6.45) is 0. The zero-order valence-corrected chi connectivity index (χ0v) is 11.4. The Balaban J connectivity index is 0.000000313. The molecule has 120 valence electrons. The van der Waals surface area contributed by atoms with Crippen molar-refractivity contribution in [1.82, 2.24) is 0 Å². The molecular weight excluding hydrogens is 312 g/mol. The van der Waals surface area contributed by atoms with Crippen molar-refractivity contribution in [1.29, 1.82) is 0 Å². The molecule has 0 unspecified atom stereocenters. The van der Waals surface area contributed by atoms with E-state index in [-0.39, 0.29) is 0 Å². The van der Waals surface area contributed by atoms with E-state index in [1.54, 1.807) is 0 Å². The molecule has 0 aliphatic heterocycles. The number of anilines is 1. The van der Waals surface area contributed by atoms with E-state index < -0.39 is 37.6 Å². The quantitative estimate of drug-likeness (QED) is 0.491. The molecule has 11 nitrogen and oxygen atoms in total. The molecule has 0 fully saturated rings. The number of nitro benzene ring substituents is 3. The summed E-state index contributed by atoms with van der Waals surface area (Å²) < 4.78 is 0. The summed E-state index contributed by atoms with van der Waals surface area (Å²) in [5.74, 6) is -1.21. The van der Waals surface area contributed by atoms with Crippen LogP contribution in [0.3, 0.4) is 0 Å². The van der Waals surface area contributed by atoms with Gasteiger partial charge < -0.3 is 10.8 Å². The fourth-order valence-electron chi connectivity index (χ4n) is 1.43. The van der Waals surface area contributed by atoms with Crippen molar-refractivity contribution in [2.75, 3.05) is 5.73 Å². The molecular formula is C12H10N4O7. The van der Waals surface area contributed by atoms with Gasteiger partial charge in [0.2, 0.25) is 0 Å². The van der Waals surface area contributed by atoms with E-state index in [0.717, 1.165) is 5.69 Å². The van der Waals surface area contributed by atoms with Gasteiger partial charge in [-0.3, -0.25) is 30.3 Å². The van der Waals surface area contributed by atoms with Crippen molar-refractivity contribution >= 4 is 22.7 Å². The number of phenolic OH excluding ortho intramolecular Hbond substituents is 1. The van der Waals surface area contributed by atoms with Crippen LogP contribution in [0.5, 0.6) is 5.75 Å². The van der Waals surface area contributed by atoms with Gasteiger partial charge in [0.15, 0.2) is 0 Å². The van der Waals surface area contributed by atoms with Crippen LogP contribution >= 0.6 is 0 Å². The van der Waals surface area contributed by atoms with Crippen LogP contribution in [-0.4, -0.2) is 19.9 Å². The second-order valence-electron chi connectivity index (χ2n) is 4.01. The lowest BCUT2D eigenvalue weighted by Crippen LogP contribution is -1.97. The summed E-state index contributed by atoms with van der Waals surface area (Å²) in [5.41, 5.74) is 3.18. The van der Waals surface area contributed by atoms with Gasteiger partial charge in [-0.1, -0.05) is 18.2 Å². The average molecular weight is 322 g/mol. The maximum atomic E-state index is 10.4. The van der Waals surface area contributed by atoms with Crippen molar-refractivity contribution in [2.45, 2.75) is 0 Å². The normalized spacial score (nSPS) is 9.39. The summed E-state index contributed by atoms with van der Waals surface area (Å²) in [7, 11) is 0. The number of benzene rings is 2. The van der Waals surface area contributed by atoms with Crippen LogP contribution in [0, 0.1) is 30.3 Å². The minimum atomic E-state index is -1.21. The number of hydrogen-bond donors (Lipinski definition) is 2. The first kappa shape index (κ1) is 17.3. The lowest BCUT2D eigenvalue weighted by molar-refractivity contribution is -0.404. The van der Waals surface area contributed by atoms with Gasteiger partial charge in [-0.2, -0.15) is 0 Å². The highest BCUT2D eigenvalue weighted by molar-refractivity contribution is 5.64. The molecule has 0 bridgehead atoms. The number of para-hydroxylation sites is 1. The van der Waals surface area contributed by atoms with Gasteiger partial charge in [0.1, 0.15) is 0 Å². The summed E-state index contributed by atoms with van der Waals surface area (Å²) >= 11 is 0. The van der Waals surface area contributed by atoms with Gasteiger partial charge in [-0.15, -0.1) is 0 Å². The van der Waals surface area contributed by atoms with Crippen LogP contribution in [0.25, 0.3) is 0 Å². The van der Waals surface area contributed by atoms with E-state index in [4.69, 9.17) is 10.8 Å². The van der Waals surface area contributed by atoms with E-state index in [0.29, 0.717) is 12.1 Å². The largest absolute Gasteiger partial charge is 0.497 e. The van der Waals surface area contributed by atoms with Crippen LogP contribution in [0.4, 0.5) is 22.7 Å². The van der Waals surface area contributed by atoms with Crippen molar-refractivity contribution in [2.24, 2.45) is 0 Å². The Morgan fingerprint density at radius 3 is 1.52 bits per heavy atom. The Hall–Kier alpha value is -3.76. The average Bonchev–Trinajstić information content (AvgIpc) is 2.48. The Kier molecular flexibility index (Phi) is 5.49. The fraction of sp³-hybridized carbons (Fsp3) is 0. The SMILES string of the molecule is Nc1ccccc1.O=[N+]([O-])c1cc([N+](=O)[O-])c(O)c([N+](=O)[O-])c1. The van der Waals surface area contributed by atoms with E-state index >= 15 is 0 Å². The van der Waals surface area contributed by atoms with Gasteiger partial charge in [-0.05, 0) is 12.1 Å². The van der Waals surface area contributed by atoms with Crippen molar-refractivity contribution in [3.63, 3.8) is 0 Å². The second kappa shape index (κ2) is 7.31. The van der Waals surface area contributed by atoms with Gasteiger partial charge in [-0.25, -0.2) is 0 Å². The van der Waals surface area contributed by atoms with Crippen molar-refractivity contribution in [3.05, 3.63) is 72.8 Å². The zero-order chi connectivity index (χ0) is 17.6. The van der Waals surface area contributed by atoms with E-state index in [1.165, 1.54) is 0 Å². The van der Waals surface area contributed by atoms with Crippen LogP contribution < -0.4 is 5.73 Å². The molecule has 2 rings (SSSR count). The number of phenols is 1. The van der Waals surface area contributed by atoms with Gasteiger partial charge >= 0.3 is 11.4 Å². The number of hydrogen-bond acceptors (Lipinski definition) is 8. The van der Waals surface area contributed by atoms with Crippen LogP contribution in [0.15, 0.2) is 42.5 Å². The van der Waals surface area contributed by atoms with E-state index in [9.17, 15) is 30.3 Å². The lowest BCUT2D eigenvalue weighted by Gasteiger charge is -1.97. The highest BCUT2D eigenvalue weighted by Crippen LogP contribution is 2.38. The Labute approximate surface area is 128 Å². The molecule has 0 aliphatic rings. The maximum absolute atomic E-state index is 10.4. The molecule has 2 aromatic rings. The molecule has 0 spiro atoms. The molecule has 3 N–H and O–H groups in total. The minimum absolute atomic E-state index is 0.447. The molecule has 0 radical (unpaired) electrons. The molecule has 0 aromatic heterocycles. The topological polar surface area (TPSA) is 176 Å². The summed E-state index contributed by atoms with van der Waals surface area (Å²) in [6, 6.07) is 10.4. The van der Waals surface area contributed by atoms with E-state index in [1.807, 2.05) is 30.3 Å². The Bertz CT molecular complexity index is 713. The molecule has 0 saturated carbocycles. The number of nitrogens with zero attached hydrogens (tertiary/aromatic N) is 3. The Morgan fingerprint density at radius 2 is 1.26 bits per heavy atom. The molecule has 0 amide bonds. The number of nitrogen functional groups attached to an aromatic ring is 1. The highest BCUT2D eigenvalue weighted by Gasteiger charge is 2.30. The first-order chi connectivity index (χ1) is 10.7. The molecule has 11 heteroatoms. The number of aromatic hydroxyl groups is 1. The van der Waals surface area contributed by atoms with Gasteiger partial charge in [0.05, 0.1) is 26.9 Å². The highest BCUT2D eigenvalue weighted by atomic mass is 16.6. The first-order valence-electron chi connectivity index (χ1n) is 5.84. The lowest BCUT2D eigenvalue weighted by atomic mass is 10.2. The maximum Gasteiger partial charge on any atom is 0.324 e. The predicted molar refractivity (Wildman–Crippen MR) is 78.9 cm³/mol. The molecule has 0 atom stereocenters. The summed E-state index contributed by atoms with van der Waals surface area (Å²) in [4.78, 5) is 27.8. The zero-order valence-electron chi connectivity index (χ0n) is 11.4. The molecule has 23 heavy (non-hydrogen) atoms. The molecule has 0 aliphatic carbocycles. The van der Waals surface area contributed by atoms with Crippen molar-refractivity contribution in [3.8, 4) is 5.75 Å². The minimum Gasteiger partial charge on any atom is -0.497 e. The van der Waals surface area contributed by atoms with E-state index in [2.05, 4.69) is 0 Å². The van der Waals surface area contributed by atoms with Crippen molar-refractivity contribution < 1.29 is 19.9 Å². The van der Waals surface area contributed by atoms with Crippen LogP contribution in [-0.2, 0) is 0 Å². The standard InChI is InChI=1S/C6H3N3O7.C6H7N/c10-6-4(8(13)14)1-3(7(11)12)2-5(6)9(15)16;7-6-4-2-1-3-5-6/h1-2,10H;1-5H,7H2. The number of nitro groups is 3.